The molecular weight excluding hydrogens is 608 g/mol. The number of piperidine rings is 2. The van der Waals surface area contributed by atoms with Crippen LogP contribution in [0.25, 0.3) is 44.8 Å². The summed E-state index contributed by atoms with van der Waals surface area (Å²) in [5.74, 6) is 2.41. The number of ether oxygens (including phenoxy) is 1. The second-order valence-corrected chi connectivity index (χ2v) is 14.6. The lowest BCUT2D eigenvalue weighted by Gasteiger charge is -2.29. The van der Waals surface area contributed by atoms with Crippen LogP contribution in [0.4, 0.5) is 9.59 Å². The van der Waals surface area contributed by atoms with E-state index in [0.717, 1.165) is 64.9 Å². The Hall–Kier alpha value is -5.26. The maximum Gasteiger partial charge on any atom is 0.411 e. The van der Waals surface area contributed by atoms with Crippen molar-refractivity contribution in [2.75, 3.05) is 0 Å². The van der Waals surface area contributed by atoms with E-state index in [1.54, 1.807) is 17.3 Å². The molecule has 0 bridgehead atoms. The molecule has 2 amide bonds. The number of carbonyl (C=O) groups excluding carboxylic acids is 1. The number of rotatable bonds is 5. The van der Waals surface area contributed by atoms with Gasteiger partial charge in [-0.05, 0) is 81.5 Å². The van der Waals surface area contributed by atoms with Crippen molar-refractivity contribution in [1.82, 2.24) is 39.7 Å². The molecule has 5 aromatic rings. The number of hydrogen-bond donors (Lipinski definition) is 3. The molecule has 3 aromatic heterocycles. The van der Waals surface area contributed by atoms with E-state index in [4.69, 9.17) is 24.7 Å². The van der Waals surface area contributed by atoms with Gasteiger partial charge in [-0.15, -0.1) is 0 Å². The van der Waals surface area contributed by atoms with E-state index < -0.39 is 11.7 Å². The van der Waals surface area contributed by atoms with Crippen LogP contribution < -0.4 is 0 Å². The number of aromatic amines is 2. The summed E-state index contributed by atoms with van der Waals surface area (Å²) in [7, 11) is 0. The Balaban J connectivity index is 0.904. The summed E-state index contributed by atoms with van der Waals surface area (Å²) < 4.78 is 5.72. The predicted molar refractivity (Wildman–Crippen MR) is 177 cm³/mol. The Kier molecular flexibility index (Phi) is 6.25. The first kappa shape index (κ1) is 28.9. The van der Waals surface area contributed by atoms with Crippen LogP contribution in [0.2, 0.25) is 0 Å². The molecule has 0 spiro atoms. The third kappa shape index (κ3) is 4.97. The van der Waals surface area contributed by atoms with Gasteiger partial charge in [0.25, 0.3) is 0 Å². The third-order valence-corrected chi connectivity index (χ3v) is 10.2. The molecule has 12 heteroatoms. The molecule has 3 N–H and O–H groups in total. The molecule has 2 saturated heterocycles. The number of nitrogens with zero attached hydrogens (tertiary/aromatic N) is 6. The van der Waals surface area contributed by atoms with E-state index >= 15 is 0 Å². The Morgan fingerprint density at radius 1 is 0.750 bits per heavy atom. The van der Waals surface area contributed by atoms with Crippen LogP contribution >= 0.6 is 0 Å². The molecule has 244 valence electrons. The SMILES string of the molecule is CC(C)(C)OC(=O)N1[C@@H]2C[C@@H]2C[C@H]1c1nc(-c2ccc(-c3ccc4nc(-c5c[nH]c([C@@H]6C[C@H]7C[C@H]7N6C(=O)O)n5)cnc4c3)cc2)c[nH]1. The number of carbonyl (C=O) groups is 2. The lowest BCUT2D eigenvalue weighted by atomic mass is 10.0. The molecular formula is C36H36N8O4. The highest BCUT2D eigenvalue weighted by atomic mass is 16.6. The monoisotopic (exact) mass is 644 g/mol. The second-order valence-electron chi connectivity index (χ2n) is 14.6. The number of imidazole rings is 2. The van der Waals surface area contributed by atoms with E-state index in [2.05, 4.69) is 34.2 Å². The van der Waals surface area contributed by atoms with Crippen LogP contribution in [0, 0.1) is 11.8 Å². The summed E-state index contributed by atoms with van der Waals surface area (Å²) in [5.41, 5.74) is 6.14. The first-order valence-corrected chi connectivity index (χ1v) is 16.6. The van der Waals surface area contributed by atoms with Crippen LogP contribution in [-0.2, 0) is 4.74 Å². The number of carboxylic acid groups (broad SMARTS) is 1. The van der Waals surface area contributed by atoms with Gasteiger partial charge in [0.2, 0.25) is 0 Å². The molecule has 6 atom stereocenters. The quantitative estimate of drug-likeness (QED) is 0.186. The fraction of sp³-hybridized carbons (Fsp3) is 0.389. The number of fused-ring (bicyclic) bond motifs is 3. The molecule has 2 aliphatic heterocycles. The highest BCUT2D eigenvalue weighted by molar-refractivity contribution is 5.83. The average Bonchev–Trinajstić information content (AvgIpc) is 3.65. The summed E-state index contributed by atoms with van der Waals surface area (Å²) in [4.78, 5) is 53.9. The first-order valence-electron chi connectivity index (χ1n) is 16.6. The number of benzene rings is 2. The molecule has 2 saturated carbocycles. The van der Waals surface area contributed by atoms with E-state index in [1.165, 1.54) is 0 Å². The predicted octanol–water partition coefficient (Wildman–Crippen LogP) is 6.96. The summed E-state index contributed by atoms with van der Waals surface area (Å²) in [5, 5.41) is 9.69. The summed E-state index contributed by atoms with van der Waals surface area (Å²) >= 11 is 0. The molecule has 2 aliphatic carbocycles. The molecule has 12 nitrogen and oxygen atoms in total. The molecule has 0 unspecified atom stereocenters. The van der Waals surface area contributed by atoms with Crippen molar-refractivity contribution < 1.29 is 19.4 Å². The van der Waals surface area contributed by atoms with E-state index in [0.29, 0.717) is 29.0 Å². The summed E-state index contributed by atoms with van der Waals surface area (Å²) in [6.45, 7) is 5.68. The minimum Gasteiger partial charge on any atom is -0.465 e. The van der Waals surface area contributed by atoms with Gasteiger partial charge in [-0.2, -0.15) is 0 Å². The van der Waals surface area contributed by atoms with Crippen LogP contribution in [-0.4, -0.2) is 74.7 Å². The normalized spacial score (nSPS) is 25.6. The Labute approximate surface area is 276 Å². The Bertz CT molecular complexity index is 2080. The molecule has 9 rings (SSSR count). The fourth-order valence-corrected chi connectivity index (χ4v) is 7.69. The van der Waals surface area contributed by atoms with Gasteiger partial charge in [-0.1, -0.05) is 30.3 Å². The van der Waals surface area contributed by atoms with Crippen molar-refractivity contribution in [1.29, 1.82) is 0 Å². The molecule has 0 radical (unpaired) electrons. The van der Waals surface area contributed by atoms with Gasteiger partial charge >= 0.3 is 12.2 Å². The first-order chi connectivity index (χ1) is 23.1. The molecule has 4 fully saturated rings. The van der Waals surface area contributed by atoms with Crippen LogP contribution in [0.15, 0.2) is 61.1 Å². The highest BCUT2D eigenvalue weighted by Crippen LogP contribution is 2.54. The minimum atomic E-state index is -0.891. The molecule has 5 heterocycles. The lowest BCUT2D eigenvalue weighted by Crippen LogP contribution is -2.38. The van der Waals surface area contributed by atoms with Crippen molar-refractivity contribution in [3.63, 3.8) is 0 Å². The highest BCUT2D eigenvalue weighted by Gasteiger charge is 2.57. The maximum absolute atomic E-state index is 13.0. The van der Waals surface area contributed by atoms with Crippen LogP contribution in [0.1, 0.15) is 70.2 Å². The second kappa shape index (κ2) is 10.4. The smallest absolute Gasteiger partial charge is 0.411 e. The number of nitrogens with one attached hydrogen (secondary N) is 2. The van der Waals surface area contributed by atoms with Gasteiger partial charge in [-0.3, -0.25) is 14.8 Å². The molecule has 48 heavy (non-hydrogen) atoms. The summed E-state index contributed by atoms with van der Waals surface area (Å²) in [6, 6.07) is 14.3. The number of aromatic nitrogens is 6. The fourth-order valence-electron chi connectivity index (χ4n) is 7.69. The zero-order chi connectivity index (χ0) is 32.9. The van der Waals surface area contributed by atoms with Crippen molar-refractivity contribution in [2.24, 2.45) is 11.8 Å². The van der Waals surface area contributed by atoms with Crippen molar-refractivity contribution in [3.8, 4) is 33.8 Å². The van der Waals surface area contributed by atoms with Gasteiger partial charge < -0.3 is 19.8 Å². The number of hydrogen-bond acceptors (Lipinski definition) is 7. The number of amides is 2. The Morgan fingerprint density at radius 3 is 2.04 bits per heavy atom. The largest absolute Gasteiger partial charge is 0.465 e. The number of H-pyrrole nitrogens is 2. The van der Waals surface area contributed by atoms with Crippen molar-refractivity contribution in [3.05, 3.63) is 72.7 Å². The van der Waals surface area contributed by atoms with E-state index in [-0.39, 0.29) is 30.3 Å². The van der Waals surface area contributed by atoms with Crippen LogP contribution in [0.3, 0.4) is 0 Å². The number of likely N-dealkylation sites (tertiary alicyclic amines) is 2. The van der Waals surface area contributed by atoms with Gasteiger partial charge in [-0.25, -0.2) is 24.5 Å². The van der Waals surface area contributed by atoms with Crippen LogP contribution in [0.5, 0.6) is 0 Å². The Morgan fingerprint density at radius 2 is 1.35 bits per heavy atom. The van der Waals surface area contributed by atoms with Crippen molar-refractivity contribution in [2.45, 2.75) is 76.2 Å². The maximum atomic E-state index is 13.0. The minimum absolute atomic E-state index is 0.106. The van der Waals surface area contributed by atoms with Gasteiger partial charge in [0.15, 0.2) is 0 Å². The molecule has 2 aromatic carbocycles. The summed E-state index contributed by atoms with van der Waals surface area (Å²) in [6.07, 6.45) is 7.92. The van der Waals surface area contributed by atoms with E-state index in [1.807, 2.05) is 50.1 Å². The lowest BCUT2D eigenvalue weighted by molar-refractivity contribution is 0.0175. The van der Waals surface area contributed by atoms with E-state index in [9.17, 15) is 14.7 Å². The van der Waals surface area contributed by atoms with Gasteiger partial charge in [0.1, 0.15) is 28.6 Å². The zero-order valence-electron chi connectivity index (χ0n) is 26.9. The molecule has 4 aliphatic rings. The van der Waals surface area contributed by atoms with Gasteiger partial charge in [0.05, 0.1) is 35.0 Å². The standard InChI is InChI=1S/C36H36N8O4/c1-36(2,3)48-35(47)44-29-12-22(29)14-31(44)33-38-15-25(41-33)19-6-4-18(5-7-19)20-8-9-23-24(10-20)37-16-26(40-23)27-17-39-32(42-27)30-13-21-11-28(21)43(30)34(45)46/h4-10,15-17,21-22,28-31H,11-14H2,1-3H3,(H,38,41)(H,39,42)(H,45,46)/t21-,22-,28-,29-,30+,31+/m1/s1. The third-order valence-electron chi connectivity index (χ3n) is 10.2. The average molecular weight is 645 g/mol. The zero-order valence-corrected chi connectivity index (χ0v) is 26.9. The van der Waals surface area contributed by atoms with Gasteiger partial charge in [0, 0.05) is 30.0 Å². The topological polar surface area (TPSA) is 153 Å². The van der Waals surface area contributed by atoms with Crippen molar-refractivity contribution >= 4 is 23.2 Å².